The minimum atomic E-state index is -0.522. The van der Waals surface area contributed by atoms with Gasteiger partial charge in [0.05, 0.1) is 6.61 Å². The van der Waals surface area contributed by atoms with Gasteiger partial charge in [0.2, 0.25) is 0 Å². The van der Waals surface area contributed by atoms with Gasteiger partial charge in [-0.05, 0) is 56.0 Å². The molecule has 130 valence electrons. The molecule has 1 atom stereocenters. The third-order valence-corrected chi connectivity index (χ3v) is 3.95. The normalized spacial score (nSPS) is 14.6. The predicted molar refractivity (Wildman–Crippen MR) is 95.4 cm³/mol. The van der Waals surface area contributed by atoms with E-state index in [-0.39, 0.29) is 11.8 Å². The second kappa shape index (κ2) is 7.90. The van der Waals surface area contributed by atoms with Crippen LogP contribution in [0.4, 0.5) is 11.5 Å². The number of carbonyl (C=O) groups is 2. The van der Waals surface area contributed by atoms with Crippen molar-refractivity contribution in [2.45, 2.75) is 25.9 Å². The fourth-order valence-electron chi connectivity index (χ4n) is 2.25. The van der Waals surface area contributed by atoms with Gasteiger partial charge in [-0.2, -0.15) is 0 Å². The molecule has 1 aliphatic rings. The van der Waals surface area contributed by atoms with Crippen molar-refractivity contribution in [1.29, 1.82) is 0 Å². The number of ether oxygens (including phenoxy) is 1. The molecule has 6 heteroatoms. The van der Waals surface area contributed by atoms with Gasteiger partial charge >= 0.3 is 0 Å². The lowest BCUT2D eigenvalue weighted by atomic mass is 10.2. The number of pyridine rings is 1. The molecular weight excluding hydrogens is 318 g/mol. The quantitative estimate of drug-likeness (QED) is 0.812. The van der Waals surface area contributed by atoms with Crippen LogP contribution in [0.25, 0.3) is 0 Å². The maximum Gasteiger partial charge on any atom is 0.256 e. The molecule has 1 unspecified atom stereocenters. The summed E-state index contributed by atoms with van der Waals surface area (Å²) in [5, 5.41) is 5.50. The zero-order valence-electron chi connectivity index (χ0n) is 14.1. The lowest BCUT2D eigenvalue weighted by molar-refractivity contribution is -0.126. The highest BCUT2D eigenvalue weighted by molar-refractivity contribution is 6.05. The van der Waals surface area contributed by atoms with E-state index in [0.29, 0.717) is 29.6 Å². The van der Waals surface area contributed by atoms with E-state index >= 15 is 0 Å². The maximum absolute atomic E-state index is 12.3. The number of carbonyl (C=O) groups excluding carboxylic acids is 2. The van der Waals surface area contributed by atoms with E-state index in [0.717, 1.165) is 0 Å². The van der Waals surface area contributed by atoms with Crippen LogP contribution < -0.4 is 10.6 Å². The molecule has 1 saturated carbocycles. The molecule has 0 radical (unpaired) electrons. The summed E-state index contributed by atoms with van der Waals surface area (Å²) in [6, 6.07) is 12.1. The summed E-state index contributed by atoms with van der Waals surface area (Å²) in [4.78, 5) is 28.5. The van der Waals surface area contributed by atoms with Gasteiger partial charge in [0.15, 0.2) is 0 Å². The van der Waals surface area contributed by atoms with Gasteiger partial charge in [-0.3, -0.25) is 9.59 Å². The monoisotopic (exact) mass is 339 g/mol. The van der Waals surface area contributed by atoms with Crippen LogP contribution in [0.5, 0.6) is 0 Å². The molecule has 1 fully saturated rings. The lowest BCUT2D eigenvalue weighted by Crippen LogP contribution is -2.28. The summed E-state index contributed by atoms with van der Waals surface area (Å²) in [5.41, 5.74) is 0.996. The van der Waals surface area contributed by atoms with Gasteiger partial charge < -0.3 is 15.4 Å². The summed E-state index contributed by atoms with van der Waals surface area (Å²) < 4.78 is 5.56. The predicted octanol–water partition coefficient (Wildman–Crippen LogP) is 3.09. The number of anilines is 2. The fourth-order valence-corrected chi connectivity index (χ4v) is 2.25. The Morgan fingerprint density at radius 3 is 2.76 bits per heavy atom. The van der Waals surface area contributed by atoms with E-state index in [2.05, 4.69) is 15.6 Å². The van der Waals surface area contributed by atoms with Crippen molar-refractivity contribution in [3.63, 3.8) is 0 Å². The van der Waals surface area contributed by atoms with Crippen LogP contribution in [0.15, 0.2) is 48.7 Å². The van der Waals surface area contributed by atoms with Crippen LogP contribution in [-0.4, -0.2) is 29.5 Å². The summed E-state index contributed by atoms with van der Waals surface area (Å²) in [5.74, 6) is 0.577. The van der Waals surface area contributed by atoms with Crippen LogP contribution in [0.2, 0.25) is 0 Å². The van der Waals surface area contributed by atoms with Crippen molar-refractivity contribution in [1.82, 2.24) is 4.98 Å². The smallest absolute Gasteiger partial charge is 0.256 e. The van der Waals surface area contributed by atoms with Crippen molar-refractivity contribution in [3.05, 3.63) is 54.2 Å². The number of rotatable bonds is 7. The van der Waals surface area contributed by atoms with Gasteiger partial charge in [-0.15, -0.1) is 0 Å². The molecule has 2 amide bonds. The van der Waals surface area contributed by atoms with Gasteiger partial charge in [0.1, 0.15) is 11.9 Å². The first-order valence-electron chi connectivity index (χ1n) is 8.37. The number of hydrogen-bond donors (Lipinski definition) is 2. The van der Waals surface area contributed by atoms with Crippen molar-refractivity contribution in [3.8, 4) is 0 Å². The molecule has 1 aromatic carbocycles. The molecule has 25 heavy (non-hydrogen) atoms. The maximum atomic E-state index is 12.3. The van der Waals surface area contributed by atoms with Crippen LogP contribution in [0.3, 0.4) is 0 Å². The molecule has 1 heterocycles. The number of amides is 2. The first-order valence-corrected chi connectivity index (χ1v) is 8.37. The van der Waals surface area contributed by atoms with E-state index in [1.165, 1.54) is 12.8 Å². The Kier molecular flexibility index (Phi) is 5.40. The lowest BCUT2D eigenvalue weighted by Gasteiger charge is -2.13. The molecule has 2 aromatic rings. The largest absolute Gasteiger partial charge is 0.368 e. The average molecular weight is 339 g/mol. The average Bonchev–Trinajstić information content (AvgIpc) is 3.45. The second-order valence-corrected chi connectivity index (χ2v) is 6.16. The molecule has 0 bridgehead atoms. The number of nitrogens with zero attached hydrogens (tertiary/aromatic N) is 1. The first kappa shape index (κ1) is 17.1. The van der Waals surface area contributed by atoms with Crippen molar-refractivity contribution in [2.75, 3.05) is 17.2 Å². The Hall–Kier alpha value is -2.73. The van der Waals surface area contributed by atoms with E-state index in [9.17, 15) is 9.59 Å². The topological polar surface area (TPSA) is 80.3 Å². The van der Waals surface area contributed by atoms with Gasteiger partial charge in [-0.25, -0.2) is 4.98 Å². The van der Waals surface area contributed by atoms with Crippen molar-refractivity contribution >= 4 is 23.3 Å². The van der Waals surface area contributed by atoms with Crippen LogP contribution in [0, 0.1) is 5.92 Å². The number of hydrogen-bond acceptors (Lipinski definition) is 4. The number of nitrogens with one attached hydrogen (secondary N) is 2. The third-order valence-electron chi connectivity index (χ3n) is 3.95. The molecule has 2 N–H and O–H groups in total. The highest BCUT2D eigenvalue weighted by Crippen LogP contribution is 2.29. The van der Waals surface area contributed by atoms with E-state index in [1.54, 1.807) is 55.6 Å². The molecule has 1 aliphatic carbocycles. The molecule has 3 rings (SSSR count). The Bertz CT molecular complexity index is 745. The Balaban J connectivity index is 1.58. The van der Waals surface area contributed by atoms with Crippen LogP contribution >= 0.6 is 0 Å². The van der Waals surface area contributed by atoms with Gasteiger partial charge in [0, 0.05) is 17.4 Å². The standard InChI is InChI=1S/C19H21N3O3/c1-13(25-12-14-8-9-14)18(23)21-16-6-4-5-15(11-16)19(24)22-17-7-2-3-10-20-17/h2-7,10-11,13-14H,8-9,12H2,1H3,(H,21,23)(H,20,22,24). The fraction of sp³-hybridized carbons (Fsp3) is 0.316. The number of benzene rings is 1. The Morgan fingerprint density at radius 1 is 1.20 bits per heavy atom. The Morgan fingerprint density at radius 2 is 2.04 bits per heavy atom. The zero-order valence-corrected chi connectivity index (χ0v) is 14.1. The van der Waals surface area contributed by atoms with E-state index < -0.39 is 6.10 Å². The summed E-state index contributed by atoms with van der Waals surface area (Å²) in [7, 11) is 0. The molecule has 0 aliphatic heterocycles. The van der Waals surface area contributed by atoms with Crippen LogP contribution in [-0.2, 0) is 9.53 Å². The second-order valence-electron chi connectivity index (χ2n) is 6.16. The summed E-state index contributed by atoms with van der Waals surface area (Å²) in [6.45, 7) is 2.36. The number of aromatic nitrogens is 1. The minimum Gasteiger partial charge on any atom is -0.368 e. The highest BCUT2D eigenvalue weighted by Gasteiger charge is 2.24. The highest BCUT2D eigenvalue weighted by atomic mass is 16.5. The summed E-state index contributed by atoms with van der Waals surface area (Å²) >= 11 is 0. The van der Waals surface area contributed by atoms with Crippen LogP contribution in [0.1, 0.15) is 30.1 Å². The molecule has 0 spiro atoms. The molecule has 0 saturated heterocycles. The summed E-state index contributed by atoms with van der Waals surface area (Å²) in [6.07, 6.45) is 3.45. The van der Waals surface area contributed by atoms with Gasteiger partial charge in [-0.1, -0.05) is 12.1 Å². The Labute approximate surface area is 146 Å². The molecule has 6 nitrogen and oxygen atoms in total. The zero-order chi connectivity index (χ0) is 17.6. The molecular formula is C19H21N3O3. The van der Waals surface area contributed by atoms with Gasteiger partial charge in [0.25, 0.3) is 11.8 Å². The van der Waals surface area contributed by atoms with Crippen molar-refractivity contribution < 1.29 is 14.3 Å². The first-order chi connectivity index (χ1) is 12.1. The van der Waals surface area contributed by atoms with E-state index in [4.69, 9.17) is 4.74 Å². The minimum absolute atomic E-state index is 0.220. The SMILES string of the molecule is CC(OCC1CC1)C(=O)Nc1cccc(C(=O)Nc2ccccn2)c1. The van der Waals surface area contributed by atoms with Crippen molar-refractivity contribution in [2.24, 2.45) is 5.92 Å². The third kappa shape index (κ3) is 5.12. The van der Waals surface area contributed by atoms with E-state index in [1.807, 2.05) is 0 Å². The molecule has 1 aromatic heterocycles.